The molecule has 13 heteroatoms. The number of aromatic nitrogens is 6. The summed E-state index contributed by atoms with van der Waals surface area (Å²) in [6.45, 7) is 9.92. The fraction of sp³-hybridized carbons (Fsp3) is 0.381. The fourth-order valence-electron chi connectivity index (χ4n) is 4.20. The van der Waals surface area contributed by atoms with Crippen LogP contribution in [0.5, 0.6) is 0 Å². The van der Waals surface area contributed by atoms with Gasteiger partial charge in [0.1, 0.15) is 12.1 Å². The Labute approximate surface area is 198 Å². The second-order valence-corrected chi connectivity index (χ2v) is 8.42. The summed E-state index contributed by atoms with van der Waals surface area (Å²) in [6, 6.07) is 2.87. The van der Waals surface area contributed by atoms with E-state index < -0.39 is 5.82 Å². The summed E-state index contributed by atoms with van der Waals surface area (Å²) in [5, 5.41) is 10.9. The van der Waals surface area contributed by atoms with Crippen LogP contribution in [0.1, 0.15) is 17.2 Å². The molecular formula is C21H19ClFN9O2. The van der Waals surface area contributed by atoms with Crippen LogP contribution in [-0.2, 0) is 16.0 Å². The zero-order chi connectivity index (χ0) is 23.7. The highest BCUT2D eigenvalue weighted by Gasteiger charge is 2.36. The maximum Gasteiger partial charge on any atom is 0.253 e. The number of tetrazole rings is 1. The number of carbonyl (C=O) groups is 1. The molecule has 0 radical (unpaired) electrons. The summed E-state index contributed by atoms with van der Waals surface area (Å²) in [5.41, 5.74) is 1.12. The summed E-state index contributed by atoms with van der Waals surface area (Å²) < 4.78 is 21.2. The molecule has 0 bridgehead atoms. The summed E-state index contributed by atoms with van der Waals surface area (Å²) >= 11 is 6.28. The van der Waals surface area contributed by atoms with Gasteiger partial charge < -0.3 is 9.64 Å². The number of hydrogen-bond acceptors (Lipinski definition) is 8. The van der Waals surface area contributed by atoms with Crippen LogP contribution >= 0.6 is 11.6 Å². The van der Waals surface area contributed by atoms with Gasteiger partial charge in [0.2, 0.25) is 11.6 Å². The van der Waals surface area contributed by atoms with Crippen LogP contribution in [0.2, 0.25) is 5.02 Å². The normalized spacial score (nSPS) is 20.6. The molecule has 1 aromatic carbocycles. The highest BCUT2D eigenvalue weighted by Crippen LogP contribution is 2.38. The maximum atomic E-state index is 13.8. The predicted molar refractivity (Wildman–Crippen MR) is 117 cm³/mol. The van der Waals surface area contributed by atoms with Crippen molar-refractivity contribution in [2.75, 3.05) is 32.8 Å². The first-order valence-electron chi connectivity index (χ1n) is 10.6. The Hall–Kier alpha value is -3.53. The molecule has 174 valence electrons. The predicted octanol–water partition coefficient (Wildman–Crippen LogP) is 1.62. The van der Waals surface area contributed by atoms with Gasteiger partial charge in [-0.3, -0.25) is 9.69 Å². The summed E-state index contributed by atoms with van der Waals surface area (Å²) in [5.74, 6) is -0.322. The number of amides is 1. The van der Waals surface area contributed by atoms with E-state index in [0.29, 0.717) is 49.9 Å². The van der Waals surface area contributed by atoms with E-state index in [1.54, 1.807) is 18.5 Å². The van der Waals surface area contributed by atoms with Crippen LogP contribution in [0.4, 0.5) is 10.1 Å². The Morgan fingerprint density at radius 1 is 1.26 bits per heavy atom. The minimum atomic E-state index is -0.639. The maximum absolute atomic E-state index is 13.8. The molecular weight excluding hydrogens is 465 g/mol. The van der Waals surface area contributed by atoms with Crippen molar-refractivity contribution in [2.45, 2.75) is 18.6 Å². The molecule has 5 rings (SSSR count). The van der Waals surface area contributed by atoms with Crippen LogP contribution < -0.4 is 0 Å². The number of ether oxygens (including phenoxy) is 1. The minimum absolute atomic E-state index is 0.0103. The zero-order valence-electron chi connectivity index (χ0n) is 17.9. The third kappa shape index (κ3) is 4.33. The van der Waals surface area contributed by atoms with Crippen molar-refractivity contribution in [3.63, 3.8) is 0 Å². The molecule has 0 N–H and O–H groups in total. The van der Waals surface area contributed by atoms with E-state index in [-0.39, 0.29) is 35.2 Å². The van der Waals surface area contributed by atoms with Gasteiger partial charge in [-0.1, -0.05) is 17.7 Å². The first-order chi connectivity index (χ1) is 16.5. The third-order valence-electron chi connectivity index (χ3n) is 6.00. The van der Waals surface area contributed by atoms with Gasteiger partial charge in [-0.05, 0) is 27.6 Å². The second-order valence-electron chi connectivity index (χ2n) is 8.04. The van der Waals surface area contributed by atoms with Gasteiger partial charge in [0.05, 0.1) is 36.8 Å². The van der Waals surface area contributed by atoms with E-state index in [1.165, 1.54) is 17.1 Å². The highest BCUT2D eigenvalue weighted by molar-refractivity contribution is 6.34. The lowest BCUT2D eigenvalue weighted by Crippen LogP contribution is -2.59. The van der Waals surface area contributed by atoms with Gasteiger partial charge in [-0.25, -0.2) is 19.2 Å². The molecule has 2 atom stereocenters. The Balaban J connectivity index is 1.19. The van der Waals surface area contributed by atoms with E-state index in [2.05, 4.69) is 35.2 Å². The Morgan fingerprint density at radius 2 is 2.09 bits per heavy atom. The number of piperazine rings is 1. The Kier molecular flexibility index (Phi) is 6.14. The number of rotatable bonds is 4. The van der Waals surface area contributed by atoms with Gasteiger partial charge in [-0.15, -0.1) is 5.10 Å². The van der Waals surface area contributed by atoms with E-state index in [1.807, 2.05) is 4.90 Å². The number of morpholine rings is 1. The van der Waals surface area contributed by atoms with E-state index in [9.17, 15) is 9.18 Å². The molecule has 4 heterocycles. The molecule has 0 saturated carbocycles. The van der Waals surface area contributed by atoms with Crippen LogP contribution in [0.3, 0.4) is 0 Å². The van der Waals surface area contributed by atoms with E-state index in [4.69, 9.17) is 22.9 Å². The molecule has 0 spiro atoms. The average Bonchev–Trinajstić information content (AvgIpc) is 3.39. The third-order valence-corrected chi connectivity index (χ3v) is 6.40. The molecule has 2 fully saturated rings. The van der Waals surface area contributed by atoms with Crippen molar-refractivity contribution in [3.8, 4) is 5.95 Å². The van der Waals surface area contributed by atoms with Crippen LogP contribution in [-0.4, -0.2) is 84.7 Å². The van der Waals surface area contributed by atoms with Crippen LogP contribution in [0.25, 0.3) is 10.8 Å². The lowest BCUT2D eigenvalue weighted by atomic mass is 10.0. The summed E-state index contributed by atoms with van der Waals surface area (Å²) in [7, 11) is 0. The molecule has 2 saturated heterocycles. The van der Waals surface area contributed by atoms with Crippen molar-refractivity contribution in [1.29, 1.82) is 0 Å². The smallest absolute Gasteiger partial charge is 0.253 e. The summed E-state index contributed by atoms with van der Waals surface area (Å²) in [6.07, 6.45) is 4.41. The van der Waals surface area contributed by atoms with Crippen molar-refractivity contribution in [1.82, 2.24) is 40.0 Å². The molecule has 2 aliphatic rings. The highest BCUT2D eigenvalue weighted by atomic mass is 35.5. The van der Waals surface area contributed by atoms with Gasteiger partial charge in [-0.2, -0.15) is 4.68 Å². The number of nitrogens with zero attached hydrogens (tertiary/aromatic N) is 9. The van der Waals surface area contributed by atoms with Crippen molar-refractivity contribution >= 4 is 23.2 Å². The van der Waals surface area contributed by atoms with Gasteiger partial charge in [0.15, 0.2) is 0 Å². The van der Waals surface area contributed by atoms with E-state index in [0.717, 1.165) is 0 Å². The van der Waals surface area contributed by atoms with Crippen LogP contribution in [0, 0.1) is 12.4 Å². The number of benzene rings is 1. The molecule has 2 aliphatic heterocycles. The van der Waals surface area contributed by atoms with E-state index >= 15 is 0 Å². The lowest BCUT2D eigenvalue weighted by Gasteiger charge is -2.46. The zero-order valence-corrected chi connectivity index (χ0v) is 18.6. The monoisotopic (exact) mass is 483 g/mol. The number of fused-ring (bicyclic) bond motifs is 1. The average molecular weight is 484 g/mol. The fourth-order valence-corrected chi connectivity index (χ4v) is 4.52. The van der Waals surface area contributed by atoms with Crippen LogP contribution in [0.15, 0.2) is 30.9 Å². The molecule has 3 aromatic rings. The topological polar surface area (TPSA) is 107 Å². The molecule has 2 aromatic heterocycles. The SMILES string of the molecule is [C-]#[N+]c1c(F)ccc([C@H]2CN3CCN(C(=O)Cc4cnc(-n5cnnn5)nc4)C[C@@H]3CO2)c1Cl. The molecule has 34 heavy (non-hydrogen) atoms. The lowest BCUT2D eigenvalue weighted by molar-refractivity contribution is -0.139. The molecule has 1 amide bonds. The first-order valence-corrected chi connectivity index (χ1v) is 10.9. The Morgan fingerprint density at radius 3 is 2.82 bits per heavy atom. The number of carbonyl (C=O) groups excluding carboxylic acids is 1. The largest absolute Gasteiger partial charge is 0.370 e. The summed E-state index contributed by atoms with van der Waals surface area (Å²) in [4.78, 5) is 28.6. The van der Waals surface area contributed by atoms with Gasteiger partial charge in [0.25, 0.3) is 5.95 Å². The van der Waals surface area contributed by atoms with Crippen molar-refractivity contribution < 1.29 is 13.9 Å². The second kappa shape index (κ2) is 9.38. The first kappa shape index (κ1) is 22.3. The molecule has 0 aliphatic carbocycles. The standard InChI is InChI=1S/C21H19ClFN9O2/c1-24-20-16(23)3-2-15(19(20)22)17-10-30-4-5-31(9-14(30)11-34-17)18(33)6-13-7-25-21(26-8-13)32-12-27-28-29-32/h2-3,7-8,12,14,17H,4-6,9-11H2/t14-,17-/m1/s1. The molecule has 0 unspecified atom stereocenters. The number of halogens is 2. The van der Waals surface area contributed by atoms with Gasteiger partial charge in [0, 0.05) is 38.6 Å². The Bertz CT molecular complexity index is 1230. The number of hydrogen-bond donors (Lipinski definition) is 0. The van der Waals surface area contributed by atoms with Gasteiger partial charge >= 0.3 is 0 Å². The quantitative estimate of drug-likeness (QED) is 0.515. The minimum Gasteiger partial charge on any atom is -0.370 e. The van der Waals surface area contributed by atoms with Crippen molar-refractivity contribution in [2.24, 2.45) is 0 Å². The van der Waals surface area contributed by atoms with Crippen molar-refractivity contribution in [3.05, 3.63) is 64.2 Å². The molecule has 11 nitrogen and oxygen atoms in total.